The molecule has 5 heteroatoms. The van der Waals surface area contributed by atoms with Gasteiger partial charge in [0.2, 0.25) is 0 Å². The van der Waals surface area contributed by atoms with E-state index in [9.17, 15) is 0 Å². The Morgan fingerprint density at radius 1 is 0.558 bits per heavy atom. The summed E-state index contributed by atoms with van der Waals surface area (Å²) < 4.78 is 15.8. The minimum Gasteiger partial charge on any atom is -0.455 e. The van der Waals surface area contributed by atoms with Gasteiger partial charge in [-0.2, -0.15) is 0 Å². The van der Waals surface area contributed by atoms with Crippen molar-refractivity contribution in [3.05, 3.63) is 151 Å². The lowest BCUT2D eigenvalue weighted by Crippen LogP contribution is -2.37. The molecule has 241 valence electrons. The molecule has 1 aliphatic heterocycles. The minimum atomic E-state index is 0.833. The summed E-state index contributed by atoms with van der Waals surface area (Å²) >= 11 is 0. The van der Waals surface area contributed by atoms with Gasteiger partial charge in [-0.25, -0.2) is 0 Å². The molecule has 0 atom stereocenters. The Morgan fingerprint density at radius 3 is 2.10 bits per heavy atom. The molecular weight excluding hydrogens is 635 g/mol. The summed E-state index contributed by atoms with van der Waals surface area (Å²) in [5, 5.41) is 13.3. The molecule has 0 saturated carbocycles. The summed E-state index contributed by atoms with van der Waals surface area (Å²) in [4.78, 5) is 0. The molecule has 1 N–H and O–H groups in total. The number of aryl methyl sites for hydroxylation is 1. The average Bonchev–Trinajstić information content (AvgIpc) is 3.86. The summed E-state index contributed by atoms with van der Waals surface area (Å²) in [6, 6.07) is 51.9. The molecule has 4 nitrogen and oxygen atoms in total. The third-order valence-electron chi connectivity index (χ3n) is 11.0. The number of rotatable bonds is 3. The molecular formula is C47H28BN2O2. The van der Waals surface area contributed by atoms with Gasteiger partial charge in [-0.15, -0.1) is 0 Å². The molecule has 0 spiro atoms. The van der Waals surface area contributed by atoms with Gasteiger partial charge in [0.25, 0.3) is 0 Å². The predicted octanol–water partition coefficient (Wildman–Crippen LogP) is 11.4. The Balaban J connectivity index is 1.17. The number of hydrogen-bond donors (Lipinski definition) is 1. The van der Waals surface area contributed by atoms with Crippen molar-refractivity contribution >= 4 is 106 Å². The molecule has 1 aliphatic rings. The quantitative estimate of drug-likeness (QED) is 0.191. The zero-order chi connectivity index (χ0) is 34.1. The van der Waals surface area contributed by atoms with E-state index in [1.165, 1.54) is 49.3 Å². The number of nitrogens with zero attached hydrogens (tertiary/aromatic N) is 1. The molecule has 4 heterocycles. The zero-order valence-electron chi connectivity index (χ0n) is 28.2. The predicted molar refractivity (Wildman–Crippen MR) is 218 cm³/mol. The van der Waals surface area contributed by atoms with Crippen LogP contribution in [0.4, 0.5) is 11.4 Å². The van der Waals surface area contributed by atoms with Crippen LogP contribution < -0.4 is 16.2 Å². The maximum Gasteiger partial charge on any atom is 0.197 e. The molecule has 12 rings (SSSR count). The number of furan rings is 2. The van der Waals surface area contributed by atoms with Crippen LogP contribution in [0.2, 0.25) is 0 Å². The van der Waals surface area contributed by atoms with Gasteiger partial charge in [0, 0.05) is 49.1 Å². The average molecular weight is 664 g/mol. The summed E-state index contributed by atoms with van der Waals surface area (Å²) in [7, 11) is 2.37. The van der Waals surface area contributed by atoms with Crippen LogP contribution in [-0.2, 0) is 0 Å². The Hall–Kier alpha value is -6.72. The van der Waals surface area contributed by atoms with Crippen molar-refractivity contribution < 1.29 is 8.83 Å². The number of para-hydroxylation sites is 4. The number of aromatic nitrogens is 1. The second kappa shape index (κ2) is 10.2. The van der Waals surface area contributed by atoms with Crippen LogP contribution in [0.5, 0.6) is 0 Å². The van der Waals surface area contributed by atoms with E-state index in [1.54, 1.807) is 0 Å². The molecule has 1 radical (unpaired) electrons. The molecule has 0 amide bonds. The topological polar surface area (TPSA) is 43.2 Å². The SMILES string of the molecule is Cc1cc(-c2c(Nc3cccc4c3oc3ccccc34)ccc3c2oc2ccccc23)c2c(c1)-n1c3ccc4ccccc4c3c3cccc(c31)[B]2. The van der Waals surface area contributed by atoms with E-state index in [-0.39, 0.29) is 0 Å². The first-order valence-corrected chi connectivity index (χ1v) is 17.8. The molecule has 0 fully saturated rings. The lowest BCUT2D eigenvalue weighted by atomic mass is 9.59. The van der Waals surface area contributed by atoms with Crippen molar-refractivity contribution in [2.75, 3.05) is 5.32 Å². The molecule has 0 saturated heterocycles. The summed E-state index contributed by atoms with van der Waals surface area (Å²) in [5.41, 5.74) is 14.6. The van der Waals surface area contributed by atoms with E-state index in [4.69, 9.17) is 8.83 Å². The van der Waals surface area contributed by atoms with Crippen molar-refractivity contribution in [2.45, 2.75) is 6.92 Å². The largest absolute Gasteiger partial charge is 0.455 e. The van der Waals surface area contributed by atoms with Gasteiger partial charge in [-0.1, -0.05) is 109 Å². The Labute approximate surface area is 298 Å². The van der Waals surface area contributed by atoms with Gasteiger partial charge < -0.3 is 18.7 Å². The normalized spacial score (nSPS) is 12.5. The molecule has 52 heavy (non-hydrogen) atoms. The van der Waals surface area contributed by atoms with E-state index >= 15 is 0 Å². The fourth-order valence-corrected chi connectivity index (χ4v) is 8.86. The van der Waals surface area contributed by atoms with Crippen LogP contribution in [0.1, 0.15) is 5.56 Å². The lowest BCUT2D eigenvalue weighted by Gasteiger charge is -2.25. The van der Waals surface area contributed by atoms with Crippen molar-refractivity contribution in [3.8, 4) is 16.8 Å². The number of anilines is 2. The van der Waals surface area contributed by atoms with E-state index < -0.39 is 0 Å². The van der Waals surface area contributed by atoms with E-state index in [1.807, 2.05) is 18.2 Å². The molecule has 3 aromatic heterocycles. The second-order valence-corrected chi connectivity index (χ2v) is 14.0. The van der Waals surface area contributed by atoms with Crippen LogP contribution in [0.3, 0.4) is 0 Å². The van der Waals surface area contributed by atoms with Gasteiger partial charge in [-0.3, -0.25) is 0 Å². The van der Waals surface area contributed by atoms with Gasteiger partial charge in [-0.05, 0) is 76.8 Å². The minimum absolute atomic E-state index is 0.833. The molecule has 11 aromatic rings. The van der Waals surface area contributed by atoms with Gasteiger partial charge in [0.15, 0.2) is 12.9 Å². The van der Waals surface area contributed by atoms with Crippen molar-refractivity contribution in [1.29, 1.82) is 0 Å². The van der Waals surface area contributed by atoms with Crippen molar-refractivity contribution in [3.63, 3.8) is 0 Å². The number of fused-ring (bicyclic) bond motifs is 13. The lowest BCUT2D eigenvalue weighted by molar-refractivity contribution is 0.669. The standard InChI is InChI=1S/C47H28BN2O2/c1-26-24-34(44-39(25-26)50-38-23-20-27-10-2-3-11-28(27)42(38)33-15-8-16-35(48-44)45(33)50)43-36(22-21-32-30-13-5-7-19-41(30)52-47(32)43)49-37-17-9-14-31-29-12-4-6-18-40(29)51-46(31)37/h2-25,49H,1H3. The van der Waals surface area contributed by atoms with Crippen molar-refractivity contribution in [1.82, 2.24) is 4.57 Å². The molecule has 0 bridgehead atoms. The van der Waals surface area contributed by atoms with Gasteiger partial charge in [0.05, 0.1) is 16.9 Å². The first-order valence-electron chi connectivity index (χ1n) is 17.8. The van der Waals surface area contributed by atoms with E-state index in [0.29, 0.717) is 0 Å². The maximum absolute atomic E-state index is 6.83. The molecule has 0 aliphatic carbocycles. The highest BCUT2D eigenvalue weighted by molar-refractivity contribution is 6.73. The number of benzene rings is 8. The highest BCUT2D eigenvalue weighted by Gasteiger charge is 2.29. The Kier molecular flexibility index (Phi) is 5.49. The zero-order valence-corrected chi connectivity index (χ0v) is 28.2. The van der Waals surface area contributed by atoms with Crippen LogP contribution in [0, 0.1) is 6.92 Å². The van der Waals surface area contributed by atoms with Crippen LogP contribution in [0.15, 0.2) is 154 Å². The third kappa shape index (κ3) is 3.72. The summed E-state index contributed by atoms with van der Waals surface area (Å²) in [6.07, 6.45) is 0. The highest BCUT2D eigenvalue weighted by atomic mass is 16.3. The second-order valence-electron chi connectivity index (χ2n) is 14.0. The van der Waals surface area contributed by atoms with Crippen LogP contribution in [-0.4, -0.2) is 11.8 Å². The molecule has 0 unspecified atom stereocenters. The van der Waals surface area contributed by atoms with Gasteiger partial charge in [0.1, 0.15) is 16.7 Å². The van der Waals surface area contributed by atoms with Crippen LogP contribution in [0.25, 0.3) is 93.3 Å². The Morgan fingerprint density at radius 2 is 1.25 bits per heavy atom. The van der Waals surface area contributed by atoms with E-state index in [2.05, 4.69) is 151 Å². The van der Waals surface area contributed by atoms with Crippen LogP contribution >= 0.6 is 0 Å². The van der Waals surface area contributed by atoms with E-state index in [0.717, 1.165) is 71.8 Å². The third-order valence-corrected chi connectivity index (χ3v) is 11.0. The fourth-order valence-electron chi connectivity index (χ4n) is 8.86. The summed E-state index contributed by atoms with van der Waals surface area (Å²) in [5.74, 6) is 0. The maximum atomic E-state index is 6.83. The number of nitrogens with one attached hydrogen (secondary N) is 1. The van der Waals surface area contributed by atoms with Gasteiger partial charge >= 0.3 is 0 Å². The smallest absolute Gasteiger partial charge is 0.197 e. The fraction of sp³-hybridized carbons (Fsp3) is 0.0213. The summed E-state index contributed by atoms with van der Waals surface area (Å²) in [6.45, 7) is 2.20. The first kappa shape index (κ1) is 28.0. The number of hydrogen-bond acceptors (Lipinski definition) is 3. The molecule has 8 aromatic carbocycles. The highest BCUT2D eigenvalue weighted by Crippen LogP contribution is 2.44. The first-order chi connectivity index (χ1) is 25.7. The Bertz CT molecular complexity index is 3330. The monoisotopic (exact) mass is 663 g/mol. The van der Waals surface area contributed by atoms with Crippen molar-refractivity contribution in [2.24, 2.45) is 0 Å².